The van der Waals surface area contributed by atoms with Gasteiger partial charge in [-0.15, -0.1) is 0 Å². The van der Waals surface area contributed by atoms with Gasteiger partial charge in [0.15, 0.2) is 0 Å². The third-order valence-corrected chi connectivity index (χ3v) is 7.23. The average Bonchev–Trinajstić information content (AvgIpc) is 3.12. The van der Waals surface area contributed by atoms with Crippen molar-refractivity contribution in [3.8, 4) is 11.1 Å². The summed E-state index contributed by atoms with van der Waals surface area (Å²) in [6.07, 6.45) is 5.05. The first-order chi connectivity index (χ1) is 16.1. The Bertz CT molecular complexity index is 1240. The summed E-state index contributed by atoms with van der Waals surface area (Å²) in [5.41, 5.74) is 3.09. The fraction of sp³-hybridized carbons (Fsp3) is 0.375. The van der Waals surface area contributed by atoms with Crippen molar-refractivity contribution in [2.45, 2.75) is 38.7 Å². The molecule has 0 radical (unpaired) electrons. The summed E-state index contributed by atoms with van der Waals surface area (Å²) in [5, 5.41) is 7.77. The largest absolute Gasteiger partial charge is 0.383 e. The molecule has 178 valence electrons. The Morgan fingerprint density at radius 2 is 2.00 bits per heavy atom. The van der Waals surface area contributed by atoms with Crippen molar-refractivity contribution in [1.82, 2.24) is 14.8 Å². The van der Waals surface area contributed by atoms with Gasteiger partial charge in [0.1, 0.15) is 5.82 Å². The molecule has 1 aliphatic heterocycles. The van der Waals surface area contributed by atoms with E-state index in [9.17, 15) is 18.0 Å². The van der Waals surface area contributed by atoms with Crippen molar-refractivity contribution in [3.05, 3.63) is 54.0 Å². The summed E-state index contributed by atoms with van der Waals surface area (Å²) in [6.45, 7) is 3.97. The van der Waals surface area contributed by atoms with Crippen LogP contribution >= 0.6 is 0 Å². The highest BCUT2D eigenvalue weighted by molar-refractivity contribution is 6.58. The van der Waals surface area contributed by atoms with Gasteiger partial charge in [-0.05, 0) is 42.8 Å². The van der Waals surface area contributed by atoms with Gasteiger partial charge in [-0.3, -0.25) is 9.48 Å². The van der Waals surface area contributed by atoms with Gasteiger partial charge in [0.05, 0.1) is 11.8 Å². The van der Waals surface area contributed by atoms with Gasteiger partial charge in [0.2, 0.25) is 5.92 Å². The Kier molecular flexibility index (Phi) is 6.69. The number of halogens is 2. The van der Waals surface area contributed by atoms with E-state index in [-0.39, 0.29) is 19.4 Å². The summed E-state index contributed by atoms with van der Waals surface area (Å²) in [7, 11) is -0.120. The number of rotatable bonds is 5. The zero-order valence-corrected chi connectivity index (χ0v) is 20.4. The van der Waals surface area contributed by atoms with Crippen molar-refractivity contribution in [1.29, 1.82) is 0 Å². The highest BCUT2D eigenvalue weighted by Crippen LogP contribution is 2.34. The Labute approximate surface area is 198 Å². The number of aryl methyl sites for hydroxylation is 1. The van der Waals surface area contributed by atoms with Crippen molar-refractivity contribution in [2.75, 3.05) is 23.3 Å². The summed E-state index contributed by atoms with van der Waals surface area (Å²) in [4.78, 5) is 19.9. The number of carbonyl (C=O) groups is 1. The maximum Gasteiger partial charge on any atom is 0.308 e. The fourth-order valence-electron chi connectivity index (χ4n) is 4.24. The van der Waals surface area contributed by atoms with E-state index in [1.165, 1.54) is 0 Å². The zero-order chi connectivity index (χ0) is 24.5. The standard InChI is InChI=1S/C24H27F2N5O2Si/c1-16-20(17-13-28-30(2)15-17)14-27-22(31-10-5-8-24(25,26)9-11-31)21(16)23(32)29-18-6-4-7-19(12-18)34(3)33/h4,6-7,12-15H,5,8-11H2,1-3H3,(H,29,32). The lowest BCUT2D eigenvalue weighted by molar-refractivity contribution is -0.0102. The molecule has 0 spiro atoms. The summed E-state index contributed by atoms with van der Waals surface area (Å²) < 4.78 is 41.6. The second-order valence-electron chi connectivity index (χ2n) is 8.69. The van der Waals surface area contributed by atoms with Crippen LogP contribution in [0.3, 0.4) is 0 Å². The second-order valence-corrected chi connectivity index (χ2v) is 10.4. The van der Waals surface area contributed by atoms with Crippen LogP contribution in [0.15, 0.2) is 42.9 Å². The minimum absolute atomic E-state index is 0.110. The van der Waals surface area contributed by atoms with Gasteiger partial charge in [0, 0.05) is 62.2 Å². The van der Waals surface area contributed by atoms with E-state index in [4.69, 9.17) is 0 Å². The number of hydrogen-bond donors (Lipinski definition) is 1. The number of nitrogens with one attached hydrogen (secondary N) is 1. The topological polar surface area (TPSA) is 80.1 Å². The van der Waals surface area contributed by atoms with E-state index in [1.807, 2.05) is 13.1 Å². The molecule has 1 amide bonds. The van der Waals surface area contributed by atoms with E-state index < -0.39 is 20.5 Å². The Hall–Kier alpha value is -3.27. The molecule has 0 unspecified atom stereocenters. The maximum absolute atomic E-state index is 14.0. The van der Waals surface area contributed by atoms with Crippen LogP contribution in [0.25, 0.3) is 11.1 Å². The molecule has 1 saturated heterocycles. The van der Waals surface area contributed by atoms with Crippen LogP contribution in [-0.2, 0) is 11.5 Å². The molecule has 3 heterocycles. The van der Waals surface area contributed by atoms with Gasteiger partial charge in [-0.1, -0.05) is 12.1 Å². The average molecular weight is 484 g/mol. The van der Waals surface area contributed by atoms with Gasteiger partial charge in [0.25, 0.3) is 5.91 Å². The molecule has 0 aliphatic carbocycles. The summed E-state index contributed by atoms with van der Waals surface area (Å²) in [6, 6.07) is 6.92. The quantitative estimate of drug-likeness (QED) is 0.557. The maximum atomic E-state index is 14.0. The third kappa shape index (κ3) is 5.11. The first kappa shape index (κ1) is 23.9. The highest BCUT2D eigenvalue weighted by atomic mass is 28.3. The number of nitrogens with zero attached hydrogens (tertiary/aromatic N) is 4. The van der Waals surface area contributed by atoms with Crippen molar-refractivity contribution in [2.24, 2.45) is 7.05 Å². The minimum Gasteiger partial charge on any atom is -0.383 e. The first-order valence-corrected chi connectivity index (χ1v) is 13.1. The van der Waals surface area contributed by atoms with Crippen LogP contribution in [0.5, 0.6) is 0 Å². The molecule has 4 rings (SSSR count). The van der Waals surface area contributed by atoms with E-state index in [2.05, 4.69) is 15.4 Å². The van der Waals surface area contributed by atoms with Gasteiger partial charge < -0.3 is 14.7 Å². The number of aromatic nitrogens is 3. The molecule has 0 atom stereocenters. The van der Waals surface area contributed by atoms with Gasteiger partial charge in [-0.2, -0.15) is 5.10 Å². The van der Waals surface area contributed by atoms with Crippen LogP contribution in [0.4, 0.5) is 20.3 Å². The predicted octanol–water partition coefficient (Wildman–Crippen LogP) is 3.93. The molecule has 1 fully saturated rings. The zero-order valence-electron chi connectivity index (χ0n) is 19.4. The lowest BCUT2D eigenvalue weighted by Crippen LogP contribution is -2.30. The third-order valence-electron chi connectivity index (χ3n) is 6.11. The van der Waals surface area contributed by atoms with Gasteiger partial charge >= 0.3 is 8.68 Å². The molecule has 2 aromatic heterocycles. The monoisotopic (exact) mass is 483 g/mol. The number of amides is 1. The van der Waals surface area contributed by atoms with E-state index in [0.29, 0.717) is 40.8 Å². The molecule has 3 aromatic rings. The molecular weight excluding hydrogens is 456 g/mol. The van der Waals surface area contributed by atoms with Crippen LogP contribution in [0.1, 0.15) is 35.2 Å². The Morgan fingerprint density at radius 3 is 2.71 bits per heavy atom. The Morgan fingerprint density at radius 1 is 1.21 bits per heavy atom. The number of carbonyl (C=O) groups excluding carboxylic acids is 1. The predicted molar refractivity (Wildman–Crippen MR) is 129 cm³/mol. The molecule has 10 heteroatoms. The SMILES string of the molecule is Cc1c(-c2cnn(C)c2)cnc(N2CCCC(F)(F)CC2)c1C(=O)Nc1cccc([Si](C)=O)c1. The smallest absolute Gasteiger partial charge is 0.308 e. The normalized spacial score (nSPS) is 15.6. The van der Waals surface area contributed by atoms with E-state index in [1.54, 1.807) is 59.8 Å². The number of anilines is 2. The van der Waals surface area contributed by atoms with Crippen LogP contribution in [-0.4, -0.2) is 48.4 Å². The summed E-state index contributed by atoms with van der Waals surface area (Å²) in [5.74, 6) is -2.73. The lowest BCUT2D eigenvalue weighted by Gasteiger charge is -2.26. The molecule has 34 heavy (non-hydrogen) atoms. The number of alkyl halides is 2. The first-order valence-electron chi connectivity index (χ1n) is 11.2. The number of benzene rings is 1. The molecule has 7 nitrogen and oxygen atoms in total. The molecule has 1 aromatic carbocycles. The van der Waals surface area contributed by atoms with Crippen LogP contribution in [0, 0.1) is 6.92 Å². The number of hydrogen-bond acceptors (Lipinski definition) is 5. The van der Waals surface area contributed by atoms with Gasteiger partial charge in [-0.25, -0.2) is 13.8 Å². The van der Waals surface area contributed by atoms with Crippen molar-refractivity contribution < 1.29 is 18.0 Å². The minimum atomic E-state index is -2.72. The summed E-state index contributed by atoms with van der Waals surface area (Å²) >= 11 is 0. The molecular formula is C24H27F2N5O2Si. The van der Waals surface area contributed by atoms with Crippen molar-refractivity contribution in [3.63, 3.8) is 0 Å². The second kappa shape index (κ2) is 9.53. The fourth-order valence-corrected chi connectivity index (χ4v) is 4.93. The van der Waals surface area contributed by atoms with E-state index >= 15 is 0 Å². The van der Waals surface area contributed by atoms with Crippen molar-refractivity contribution >= 4 is 31.3 Å². The molecule has 1 N–H and O–H groups in total. The lowest BCUT2D eigenvalue weighted by atomic mass is 9.99. The molecule has 1 aliphatic rings. The van der Waals surface area contributed by atoms with Crippen LogP contribution < -0.4 is 15.4 Å². The number of pyridine rings is 1. The molecule has 0 saturated carbocycles. The van der Waals surface area contributed by atoms with Crippen LogP contribution in [0.2, 0.25) is 6.55 Å². The van der Waals surface area contributed by atoms with E-state index in [0.717, 1.165) is 11.1 Å². The Balaban J connectivity index is 1.76. The highest BCUT2D eigenvalue weighted by Gasteiger charge is 2.33. The molecule has 0 bridgehead atoms.